The maximum absolute atomic E-state index is 10.7. The van der Waals surface area contributed by atoms with Gasteiger partial charge in [0, 0.05) is 31.1 Å². The minimum Gasteiger partial charge on any atom is -0.379 e. The number of anilines is 1. The number of benzene rings is 1. The van der Waals surface area contributed by atoms with Crippen molar-refractivity contribution in [1.29, 1.82) is 0 Å². The van der Waals surface area contributed by atoms with Crippen LogP contribution in [0.1, 0.15) is 11.3 Å². The Morgan fingerprint density at radius 3 is 2.83 bits per heavy atom. The second-order valence-corrected chi connectivity index (χ2v) is 4.06. The van der Waals surface area contributed by atoms with E-state index in [1.807, 2.05) is 20.0 Å². The maximum Gasteiger partial charge on any atom is 0.271 e. The molecule has 0 bridgehead atoms. The quantitative estimate of drug-likeness (QED) is 0.663. The first-order valence-electron chi connectivity index (χ1n) is 5.53. The van der Waals surface area contributed by atoms with Gasteiger partial charge >= 0.3 is 0 Å². The summed E-state index contributed by atoms with van der Waals surface area (Å²) >= 11 is 0. The van der Waals surface area contributed by atoms with Gasteiger partial charge in [-0.05, 0) is 18.6 Å². The number of aryl methyl sites for hydroxylation is 2. The van der Waals surface area contributed by atoms with E-state index in [1.54, 1.807) is 23.0 Å². The Morgan fingerprint density at radius 2 is 2.22 bits per heavy atom. The summed E-state index contributed by atoms with van der Waals surface area (Å²) in [6, 6.07) is 6.69. The molecule has 0 aliphatic carbocycles. The molecule has 1 aromatic carbocycles. The van der Waals surface area contributed by atoms with Crippen molar-refractivity contribution in [3.05, 3.63) is 51.8 Å². The van der Waals surface area contributed by atoms with Crippen LogP contribution in [0.15, 0.2) is 30.5 Å². The largest absolute Gasteiger partial charge is 0.379 e. The van der Waals surface area contributed by atoms with Gasteiger partial charge in [0.25, 0.3) is 5.69 Å². The zero-order valence-corrected chi connectivity index (χ0v) is 10.3. The Balaban J connectivity index is 2.16. The molecule has 0 aliphatic rings. The van der Waals surface area contributed by atoms with Crippen molar-refractivity contribution >= 4 is 11.4 Å². The summed E-state index contributed by atoms with van der Waals surface area (Å²) in [4.78, 5) is 10.3. The molecule has 2 aromatic rings. The highest BCUT2D eigenvalue weighted by Gasteiger charge is 2.08. The predicted octanol–water partition coefficient (Wildman–Crippen LogP) is 2.25. The van der Waals surface area contributed by atoms with E-state index < -0.39 is 4.92 Å². The van der Waals surface area contributed by atoms with Gasteiger partial charge in [-0.1, -0.05) is 6.07 Å². The van der Waals surface area contributed by atoms with Gasteiger partial charge in [0.05, 0.1) is 17.2 Å². The first kappa shape index (κ1) is 12.1. The van der Waals surface area contributed by atoms with Crippen molar-refractivity contribution in [2.24, 2.45) is 7.05 Å². The van der Waals surface area contributed by atoms with Crippen LogP contribution in [0.5, 0.6) is 0 Å². The third-order valence-corrected chi connectivity index (χ3v) is 2.81. The number of nitro benzene ring substituents is 1. The average Bonchev–Trinajstić information content (AvgIpc) is 2.73. The topological polar surface area (TPSA) is 73.0 Å². The predicted molar refractivity (Wildman–Crippen MR) is 68.4 cm³/mol. The molecule has 6 heteroatoms. The van der Waals surface area contributed by atoms with Gasteiger partial charge in [-0.2, -0.15) is 5.10 Å². The molecule has 0 saturated carbocycles. The van der Waals surface area contributed by atoms with Crippen LogP contribution in [0.2, 0.25) is 0 Å². The number of hydrogen-bond acceptors (Lipinski definition) is 4. The smallest absolute Gasteiger partial charge is 0.271 e. The van der Waals surface area contributed by atoms with E-state index in [2.05, 4.69) is 10.4 Å². The zero-order valence-electron chi connectivity index (χ0n) is 10.3. The van der Waals surface area contributed by atoms with Crippen molar-refractivity contribution in [3.63, 3.8) is 0 Å². The Bertz CT molecular complexity index is 577. The third kappa shape index (κ3) is 2.48. The lowest BCUT2D eigenvalue weighted by Gasteiger charge is -2.09. The summed E-state index contributed by atoms with van der Waals surface area (Å²) < 4.78 is 1.76. The van der Waals surface area contributed by atoms with Crippen LogP contribution in [0.4, 0.5) is 11.4 Å². The molecular weight excluding hydrogens is 232 g/mol. The monoisotopic (exact) mass is 246 g/mol. The van der Waals surface area contributed by atoms with Crippen molar-refractivity contribution < 1.29 is 4.92 Å². The second kappa shape index (κ2) is 4.87. The van der Waals surface area contributed by atoms with Gasteiger partial charge in [-0.3, -0.25) is 14.8 Å². The molecule has 94 valence electrons. The molecule has 1 heterocycles. The lowest BCUT2D eigenvalue weighted by molar-refractivity contribution is -0.384. The molecule has 0 saturated heterocycles. The molecule has 1 N–H and O–H groups in total. The summed E-state index contributed by atoms with van der Waals surface area (Å²) in [7, 11) is 1.86. The van der Waals surface area contributed by atoms with Crippen molar-refractivity contribution in [2.45, 2.75) is 13.5 Å². The van der Waals surface area contributed by atoms with E-state index in [9.17, 15) is 10.1 Å². The SMILES string of the molecule is Cc1ccc([N+](=O)[O-])cc1NCc1ccnn1C. The van der Waals surface area contributed by atoms with Gasteiger partial charge in [-0.15, -0.1) is 0 Å². The molecule has 2 rings (SSSR count). The van der Waals surface area contributed by atoms with Crippen LogP contribution >= 0.6 is 0 Å². The summed E-state index contributed by atoms with van der Waals surface area (Å²) in [5.74, 6) is 0. The van der Waals surface area contributed by atoms with E-state index >= 15 is 0 Å². The van der Waals surface area contributed by atoms with Gasteiger partial charge < -0.3 is 5.32 Å². The Labute approximate surface area is 104 Å². The summed E-state index contributed by atoms with van der Waals surface area (Å²) in [5, 5.41) is 18.0. The molecule has 0 radical (unpaired) electrons. The lowest BCUT2D eigenvalue weighted by atomic mass is 10.2. The van der Waals surface area contributed by atoms with Crippen LogP contribution in [0.3, 0.4) is 0 Å². The first-order chi connectivity index (χ1) is 8.58. The number of rotatable bonds is 4. The molecule has 0 unspecified atom stereocenters. The number of aromatic nitrogens is 2. The highest BCUT2D eigenvalue weighted by molar-refractivity contribution is 5.56. The van der Waals surface area contributed by atoms with Gasteiger partial charge in [0.1, 0.15) is 0 Å². The van der Waals surface area contributed by atoms with Crippen molar-refractivity contribution in [3.8, 4) is 0 Å². The molecule has 0 amide bonds. The fourth-order valence-corrected chi connectivity index (χ4v) is 1.67. The minimum absolute atomic E-state index is 0.0908. The average molecular weight is 246 g/mol. The molecule has 0 atom stereocenters. The standard InChI is InChI=1S/C12H14N4O2/c1-9-3-4-10(16(17)18)7-12(9)13-8-11-5-6-14-15(11)2/h3-7,13H,8H2,1-2H3. The molecule has 18 heavy (non-hydrogen) atoms. The normalized spacial score (nSPS) is 10.3. The Morgan fingerprint density at radius 1 is 1.44 bits per heavy atom. The zero-order chi connectivity index (χ0) is 13.1. The number of non-ortho nitro benzene ring substituents is 1. The lowest BCUT2D eigenvalue weighted by Crippen LogP contribution is -2.06. The van der Waals surface area contributed by atoms with Crippen LogP contribution in [0, 0.1) is 17.0 Å². The molecule has 1 aromatic heterocycles. The number of nitro groups is 1. The Hall–Kier alpha value is -2.37. The number of nitrogens with one attached hydrogen (secondary N) is 1. The molecule has 0 spiro atoms. The number of hydrogen-bond donors (Lipinski definition) is 1. The third-order valence-electron chi connectivity index (χ3n) is 2.81. The first-order valence-corrected chi connectivity index (χ1v) is 5.53. The van der Waals surface area contributed by atoms with E-state index in [1.165, 1.54) is 6.07 Å². The van der Waals surface area contributed by atoms with Crippen LogP contribution in [-0.4, -0.2) is 14.7 Å². The van der Waals surface area contributed by atoms with E-state index in [4.69, 9.17) is 0 Å². The van der Waals surface area contributed by atoms with Gasteiger partial charge in [0.15, 0.2) is 0 Å². The maximum atomic E-state index is 10.7. The highest BCUT2D eigenvalue weighted by Crippen LogP contribution is 2.22. The molecular formula is C12H14N4O2. The van der Waals surface area contributed by atoms with E-state index in [0.29, 0.717) is 6.54 Å². The fraction of sp³-hybridized carbons (Fsp3) is 0.250. The van der Waals surface area contributed by atoms with E-state index in [-0.39, 0.29) is 5.69 Å². The van der Waals surface area contributed by atoms with Crippen molar-refractivity contribution in [2.75, 3.05) is 5.32 Å². The molecule has 0 aliphatic heterocycles. The highest BCUT2D eigenvalue weighted by atomic mass is 16.6. The summed E-state index contributed by atoms with van der Waals surface area (Å²) in [5.41, 5.74) is 2.85. The van der Waals surface area contributed by atoms with Crippen molar-refractivity contribution in [1.82, 2.24) is 9.78 Å². The second-order valence-electron chi connectivity index (χ2n) is 4.06. The summed E-state index contributed by atoms with van der Waals surface area (Å²) in [6.07, 6.45) is 1.72. The molecule has 0 fully saturated rings. The summed E-state index contributed by atoms with van der Waals surface area (Å²) in [6.45, 7) is 2.49. The van der Waals surface area contributed by atoms with E-state index in [0.717, 1.165) is 16.9 Å². The van der Waals surface area contributed by atoms with Gasteiger partial charge in [0.2, 0.25) is 0 Å². The van der Waals surface area contributed by atoms with Gasteiger partial charge in [-0.25, -0.2) is 0 Å². The van der Waals surface area contributed by atoms with Crippen LogP contribution in [-0.2, 0) is 13.6 Å². The van der Waals surface area contributed by atoms with Crippen LogP contribution in [0.25, 0.3) is 0 Å². The Kier molecular flexibility index (Phi) is 3.27. The molecule has 6 nitrogen and oxygen atoms in total. The minimum atomic E-state index is -0.394. The number of nitrogens with zero attached hydrogens (tertiary/aromatic N) is 3. The van der Waals surface area contributed by atoms with Crippen LogP contribution < -0.4 is 5.32 Å². The fourth-order valence-electron chi connectivity index (χ4n) is 1.67.